The first-order valence-corrected chi connectivity index (χ1v) is 4.16. The number of hydrogen-bond acceptors (Lipinski definition) is 4. The van der Waals surface area contributed by atoms with Crippen molar-refractivity contribution >= 4 is 5.69 Å². The van der Waals surface area contributed by atoms with Crippen molar-refractivity contribution in [1.82, 2.24) is 4.57 Å². The number of nitrogens with zero attached hydrogens (tertiary/aromatic N) is 3. The van der Waals surface area contributed by atoms with E-state index in [9.17, 15) is 14.9 Å². The molecule has 0 radical (unpaired) electrons. The number of pyridine rings is 1. The van der Waals surface area contributed by atoms with Gasteiger partial charge in [0.05, 0.1) is 16.2 Å². The van der Waals surface area contributed by atoms with Gasteiger partial charge in [0, 0.05) is 7.05 Å². The molecule has 0 saturated heterocycles. The SMILES string of the molecule is Cc1c([N+](=O)[O-])c(C)n(C)c(=O)c1C#N. The standard InChI is InChI=1S/C9H9N3O3/c1-5-7(4-10)9(13)11(3)6(2)8(5)12(14)15/h1-3H3. The summed E-state index contributed by atoms with van der Waals surface area (Å²) >= 11 is 0. The molecule has 1 heterocycles. The quantitative estimate of drug-likeness (QED) is 0.502. The molecule has 15 heavy (non-hydrogen) atoms. The molecular formula is C9H9N3O3. The first-order chi connectivity index (χ1) is 6.91. The largest absolute Gasteiger partial charge is 0.308 e. The van der Waals surface area contributed by atoms with Crippen molar-refractivity contribution in [3.8, 4) is 6.07 Å². The molecule has 0 amide bonds. The number of nitro groups is 1. The van der Waals surface area contributed by atoms with Crippen molar-refractivity contribution in [1.29, 1.82) is 5.26 Å². The van der Waals surface area contributed by atoms with E-state index in [-0.39, 0.29) is 22.5 Å². The van der Waals surface area contributed by atoms with Gasteiger partial charge in [-0.15, -0.1) is 0 Å². The van der Waals surface area contributed by atoms with E-state index in [2.05, 4.69) is 0 Å². The lowest BCUT2D eigenvalue weighted by Crippen LogP contribution is -2.24. The molecule has 0 spiro atoms. The van der Waals surface area contributed by atoms with E-state index in [1.165, 1.54) is 20.9 Å². The second kappa shape index (κ2) is 3.53. The molecule has 0 aromatic carbocycles. The molecule has 0 aliphatic heterocycles. The summed E-state index contributed by atoms with van der Waals surface area (Å²) in [6.45, 7) is 2.89. The summed E-state index contributed by atoms with van der Waals surface area (Å²) < 4.78 is 1.11. The highest BCUT2D eigenvalue weighted by atomic mass is 16.6. The minimum Gasteiger partial charge on any atom is -0.308 e. The lowest BCUT2D eigenvalue weighted by atomic mass is 10.1. The molecule has 78 valence electrons. The minimum atomic E-state index is -0.578. The lowest BCUT2D eigenvalue weighted by Gasteiger charge is -2.07. The van der Waals surface area contributed by atoms with Crippen LogP contribution in [-0.2, 0) is 7.05 Å². The minimum absolute atomic E-state index is 0.128. The highest BCUT2D eigenvalue weighted by Gasteiger charge is 2.22. The molecule has 1 aromatic rings. The number of rotatable bonds is 1. The van der Waals surface area contributed by atoms with Gasteiger partial charge in [0.2, 0.25) is 0 Å². The molecule has 6 nitrogen and oxygen atoms in total. The van der Waals surface area contributed by atoms with E-state index in [0.29, 0.717) is 0 Å². The molecule has 0 N–H and O–H groups in total. The first kappa shape index (κ1) is 10.9. The zero-order valence-electron chi connectivity index (χ0n) is 8.57. The predicted octanol–water partition coefficient (Wildman–Crippen LogP) is 0.782. The normalized spacial score (nSPS) is 9.73. The van der Waals surface area contributed by atoms with E-state index in [1.54, 1.807) is 6.07 Å². The molecular weight excluding hydrogens is 198 g/mol. The summed E-state index contributed by atoms with van der Waals surface area (Å²) in [6.07, 6.45) is 0. The zero-order chi connectivity index (χ0) is 11.7. The number of aromatic nitrogens is 1. The molecule has 0 aliphatic carbocycles. The smallest absolute Gasteiger partial charge is 0.292 e. The van der Waals surface area contributed by atoms with Gasteiger partial charge in [0.25, 0.3) is 11.2 Å². The zero-order valence-corrected chi connectivity index (χ0v) is 8.57. The maximum atomic E-state index is 11.5. The van der Waals surface area contributed by atoms with Crippen molar-refractivity contribution in [3.63, 3.8) is 0 Å². The van der Waals surface area contributed by atoms with Gasteiger partial charge in [-0.1, -0.05) is 0 Å². The van der Waals surface area contributed by atoms with Crippen molar-refractivity contribution in [3.05, 3.63) is 37.3 Å². The van der Waals surface area contributed by atoms with E-state index in [4.69, 9.17) is 5.26 Å². The van der Waals surface area contributed by atoms with Gasteiger partial charge in [-0.3, -0.25) is 14.9 Å². The van der Waals surface area contributed by atoms with Crippen molar-refractivity contribution in [2.24, 2.45) is 7.05 Å². The van der Waals surface area contributed by atoms with E-state index in [1.807, 2.05) is 0 Å². The van der Waals surface area contributed by atoms with Crippen LogP contribution in [0.25, 0.3) is 0 Å². The van der Waals surface area contributed by atoms with Crippen LogP contribution in [-0.4, -0.2) is 9.49 Å². The Hall–Kier alpha value is -2.16. The fourth-order valence-corrected chi connectivity index (χ4v) is 1.43. The van der Waals surface area contributed by atoms with Crippen molar-refractivity contribution in [2.45, 2.75) is 13.8 Å². The van der Waals surface area contributed by atoms with Gasteiger partial charge in [-0.2, -0.15) is 5.26 Å². The Labute approximate surface area is 85.5 Å². The Balaban J connectivity index is 3.87. The fourth-order valence-electron chi connectivity index (χ4n) is 1.43. The van der Waals surface area contributed by atoms with Crippen LogP contribution >= 0.6 is 0 Å². The van der Waals surface area contributed by atoms with Gasteiger partial charge < -0.3 is 4.57 Å². The Morgan fingerprint density at radius 1 is 1.47 bits per heavy atom. The predicted molar refractivity (Wildman–Crippen MR) is 52.5 cm³/mol. The van der Waals surface area contributed by atoms with Gasteiger partial charge in [-0.05, 0) is 13.8 Å². The molecule has 0 unspecified atom stereocenters. The molecule has 1 rings (SSSR count). The van der Waals surface area contributed by atoms with Crippen LogP contribution in [0.4, 0.5) is 5.69 Å². The number of nitriles is 1. The second-order valence-corrected chi connectivity index (χ2v) is 3.17. The Kier molecular flexibility index (Phi) is 2.57. The van der Waals surface area contributed by atoms with Crippen LogP contribution in [0.5, 0.6) is 0 Å². The highest BCUT2D eigenvalue weighted by molar-refractivity contribution is 5.51. The lowest BCUT2D eigenvalue weighted by molar-refractivity contribution is -0.386. The Bertz CT molecular complexity index is 537. The summed E-state index contributed by atoms with van der Waals surface area (Å²) in [5, 5.41) is 19.5. The van der Waals surface area contributed by atoms with Crippen LogP contribution in [0.3, 0.4) is 0 Å². The molecule has 0 atom stereocenters. The molecule has 0 bridgehead atoms. The maximum Gasteiger partial charge on any atom is 0.292 e. The monoisotopic (exact) mass is 207 g/mol. The molecule has 1 aromatic heterocycles. The van der Waals surface area contributed by atoms with Crippen LogP contribution in [0.1, 0.15) is 16.8 Å². The summed E-state index contributed by atoms with van der Waals surface area (Å²) in [5.41, 5.74) is -0.467. The average molecular weight is 207 g/mol. The Morgan fingerprint density at radius 3 is 2.40 bits per heavy atom. The summed E-state index contributed by atoms with van der Waals surface area (Å²) in [6, 6.07) is 1.69. The van der Waals surface area contributed by atoms with E-state index >= 15 is 0 Å². The van der Waals surface area contributed by atoms with E-state index in [0.717, 1.165) is 4.57 Å². The van der Waals surface area contributed by atoms with Gasteiger partial charge in [0.15, 0.2) is 0 Å². The topological polar surface area (TPSA) is 88.9 Å². The third-order valence-corrected chi connectivity index (χ3v) is 2.39. The van der Waals surface area contributed by atoms with Crippen LogP contribution in [0.15, 0.2) is 4.79 Å². The summed E-state index contributed by atoms with van der Waals surface area (Å²) in [4.78, 5) is 21.7. The summed E-state index contributed by atoms with van der Waals surface area (Å²) in [7, 11) is 1.41. The van der Waals surface area contributed by atoms with Gasteiger partial charge in [0.1, 0.15) is 11.6 Å². The van der Waals surface area contributed by atoms with E-state index < -0.39 is 10.5 Å². The van der Waals surface area contributed by atoms with Crippen molar-refractivity contribution in [2.75, 3.05) is 0 Å². The first-order valence-electron chi connectivity index (χ1n) is 4.16. The fraction of sp³-hybridized carbons (Fsp3) is 0.333. The second-order valence-electron chi connectivity index (χ2n) is 3.17. The molecule has 0 aliphatic rings. The highest BCUT2D eigenvalue weighted by Crippen LogP contribution is 2.22. The Morgan fingerprint density at radius 2 is 2.00 bits per heavy atom. The maximum absolute atomic E-state index is 11.5. The van der Waals surface area contributed by atoms with Crippen molar-refractivity contribution < 1.29 is 4.92 Å². The molecule has 0 saturated carbocycles. The third-order valence-electron chi connectivity index (χ3n) is 2.39. The van der Waals surface area contributed by atoms with Crippen LogP contribution in [0, 0.1) is 35.3 Å². The average Bonchev–Trinajstić information content (AvgIpc) is 2.15. The van der Waals surface area contributed by atoms with Crippen LogP contribution in [0.2, 0.25) is 0 Å². The number of hydrogen-bond donors (Lipinski definition) is 0. The summed E-state index contributed by atoms with van der Waals surface area (Å²) in [5.74, 6) is 0. The van der Waals surface area contributed by atoms with Gasteiger partial charge in [-0.25, -0.2) is 0 Å². The van der Waals surface area contributed by atoms with Crippen LogP contribution < -0.4 is 5.56 Å². The molecule has 6 heteroatoms. The van der Waals surface area contributed by atoms with Gasteiger partial charge >= 0.3 is 0 Å². The third kappa shape index (κ3) is 1.48. The molecule has 0 fully saturated rings.